The Kier molecular flexibility index (Phi) is 10.3. The summed E-state index contributed by atoms with van der Waals surface area (Å²) >= 11 is 3.89. The van der Waals surface area contributed by atoms with Gasteiger partial charge in [0.1, 0.15) is 12.1 Å². The van der Waals surface area contributed by atoms with Gasteiger partial charge in [-0.25, -0.2) is 4.79 Å². The SMILES string of the molecule is CC(C)C(NC(=O)C(N)CS)C(=O)NCC(=O)NC(CC(=O)O)C(=O)O. The van der Waals surface area contributed by atoms with Crippen LogP contribution < -0.4 is 21.7 Å². The molecule has 0 heterocycles. The van der Waals surface area contributed by atoms with Crippen LogP contribution in [0.3, 0.4) is 0 Å². The second-order valence-corrected chi connectivity index (χ2v) is 6.16. The number of hydrogen-bond acceptors (Lipinski definition) is 7. The molecule has 3 atom stereocenters. The number of carbonyl (C=O) groups excluding carboxylic acids is 3. The number of amides is 3. The molecule has 3 amide bonds. The first-order chi connectivity index (χ1) is 12.0. The van der Waals surface area contributed by atoms with Gasteiger partial charge >= 0.3 is 11.9 Å². The van der Waals surface area contributed by atoms with Crippen molar-refractivity contribution in [2.45, 2.75) is 38.4 Å². The minimum Gasteiger partial charge on any atom is -0.481 e. The fourth-order valence-corrected chi connectivity index (χ4v) is 1.94. The zero-order chi connectivity index (χ0) is 20.4. The highest BCUT2D eigenvalue weighted by Gasteiger charge is 2.27. The molecular weight excluding hydrogens is 368 g/mol. The number of nitrogens with two attached hydrogens (primary N) is 1. The van der Waals surface area contributed by atoms with Crippen molar-refractivity contribution < 1.29 is 34.2 Å². The Balaban J connectivity index is 4.71. The Labute approximate surface area is 155 Å². The van der Waals surface area contributed by atoms with Gasteiger partial charge in [0.2, 0.25) is 17.7 Å². The van der Waals surface area contributed by atoms with Gasteiger partial charge in [-0.2, -0.15) is 12.6 Å². The lowest BCUT2D eigenvalue weighted by Crippen LogP contribution is -2.55. The van der Waals surface area contributed by atoms with Crippen LogP contribution in [0.15, 0.2) is 0 Å². The van der Waals surface area contributed by atoms with Crippen LogP contribution >= 0.6 is 12.6 Å². The average molecular weight is 392 g/mol. The number of aliphatic carboxylic acids is 2. The van der Waals surface area contributed by atoms with E-state index < -0.39 is 60.8 Å². The van der Waals surface area contributed by atoms with E-state index in [0.29, 0.717) is 0 Å². The molecule has 0 saturated carbocycles. The standard InChI is InChI=1S/C14H24N4O7S/c1-6(2)11(18-12(22)7(15)5-26)13(23)16-4-9(19)17-8(14(24)25)3-10(20)21/h6-8,11,26H,3-5,15H2,1-2H3,(H,16,23)(H,17,19)(H,18,22)(H,20,21)(H,24,25). The summed E-state index contributed by atoms with van der Waals surface area (Å²) in [5.74, 6) is -5.27. The maximum Gasteiger partial charge on any atom is 0.326 e. The molecule has 11 nitrogen and oxygen atoms in total. The van der Waals surface area contributed by atoms with E-state index in [4.69, 9.17) is 15.9 Å². The second-order valence-electron chi connectivity index (χ2n) is 5.79. The van der Waals surface area contributed by atoms with Crippen molar-refractivity contribution in [2.75, 3.05) is 12.3 Å². The Morgan fingerprint density at radius 1 is 1.04 bits per heavy atom. The number of nitrogens with one attached hydrogen (secondary N) is 3. The quantitative estimate of drug-likeness (QED) is 0.189. The average Bonchev–Trinajstić information content (AvgIpc) is 2.54. The predicted octanol–water partition coefficient (Wildman–Crippen LogP) is -2.46. The van der Waals surface area contributed by atoms with E-state index in [1.807, 2.05) is 5.32 Å². The van der Waals surface area contributed by atoms with Gasteiger partial charge in [0.25, 0.3) is 0 Å². The van der Waals surface area contributed by atoms with Crippen molar-refractivity contribution >= 4 is 42.3 Å². The maximum absolute atomic E-state index is 12.2. The van der Waals surface area contributed by atoms with Crippen molar-refractivity contribution in [1.29, 1.82) is 0 Å². The third kappa shape index (κ3) is 8.67. The molecule has 0 aromatic rings. The number of rotatable bonds is 11. The number of carbonyl (C=O) groups is 5. The van der Waals surface area contributed by atoms with E-state index in [9.17, 15) is 24.0 Å². The van der Waals surface area contributed by atoms with E-state index in [2.05, 4.69) is 23.3 Å². The van der Waals surface area contributed by atoms with Gasteiger partial charge in [-0.3, -0.25) is 19.2 Å². The number of carboxylic acids is 2. The predicted molar refractivity (Wildman–Crippen MR) is 93.4 cm³/mol. The topological polar surface area (TPSA) is 188 Å². The van der Waals surface area contributed by atoms with Gasteiger partial charge < -0.3 is 31.9 Å². The summed E-state index contributed by atoms with van der Waals surface area (Å²) in [7, 11) is 0. The number of carboxylic acid groups (broad SMARTS) is 2. The third-order valence-electron chi connectivity index (χ3n) is 3.22. The molecule has 0 aliphatic heterocycles. The van der Waals surface area contributed by atoms with E-state index in [1.165, 1.54) is 0 Å². The lowest BCUT2D eigenvalue weighted by molar-refractivity contribution is -0.147. The first kappa shape index (κ1) is 23.7. The summed E-state index contributed by atoms with van der Waals surface area (Å²) in [6.07, 6.45) is -0.804. The fourth-order valence-electron chi connectivity index (χ4n) is 1.78. The Bertz CT molecular complexity index is 555. The highest BCUT2D eigenvalue weighted by atomic mass is 32.1. The Morgan fingerprint density at radius 2 is 1.62 bits per heavy atom. The van der Waals surface area contributed by atoms with E-state index in [1.54, 1.807) is 13.8 Å². The molecule has 0 bridgehead atoms. The van der Waals surface area contributed by atoms with Gasteiger partial charge in [0.15, 0.2) is 0 Å². The molecule has 0 aliphatic carbocycles. The Hall–Kier alpha value is -2.34. The zero-order valence-corrected chi connectivity index (χ0v) is 15.3. The van der Waals surface area contributed by atoms with Crippen molar-refractivity contribution in [3.05, 3.63) is 0 Å². The molecule has 0 saturated heterocycles. The summed E-state index contributed by atoms with van der Waals surface area (Å²) in [6, 6.07) is -3.48. The van der Waals surface area contributed by atoms with Crippen LogP contribution in [0.1, 0.15) is 20.3 Å². The van der Waals surface area contributed by atoms with Crippen molar-refractivity contribution in [3.63, 3.8) is 0 Å². The molecule has 0 fully saturated rings. The Morgan fingerprint density at radius 3 is 2.04 bits per heavy atom. The third-order valence-corrected chi connectivity index (χ3v) is 3.61. The first-order valence-electron chi connectivity index (χ1n) is 7.68. The summed E-state index contributed by atoms with van der Waals surface area (Å²) in [6.45, 7) is 2.76. The molecule has 3 unspecified atom stereocenters. The van der Waals surface area contributed by atoms with Crippen molar-refractivity contribution in [1.82, 2.24) is 16.0 Å². The van der Waals surface area contributed by atoms with Gasteiger partial charge in [-0.15, -0.1) is 0 Å². The highest BCUT2D eigenvalue weighted by Crippen LogP contribution is 2.02. The molecule has 0 spiro atoms. The summed E-state index contributed by atoms with van der Waals surface area (Å²) in [5, 5.41) is 24.2. The van der Waals surface area contributed by atoms with E-state index in [-0.39, 0.29) is 11.7 Å². The first-order valence-corrected chi connectivity index (χ1v) is 8.31. The smallest absolute Gasteiger partial charge is 0.326 e. The minimum atomic E-state index is -1.62. The van der Waals surface area contributed by atoms with Gasteiger partial charge in [-0.05, 0) is 5.92 Å². The van der Waals surface area contributed by atoms with Crippen LogP contribution in [0.4, 0.5) is 0 Å². The largest absolute Gasteiger partial charge is 0.481 e. The number of hydrogen-bond donors (Lipinski definition) is 7. The number of thiol groups is 1. The molecule has 0 aromatic heterocycles. The van der Waals surface area contributed by atoms with E-state index >= 15 is 0 Å². The van der Waals surface area contributed by atoms with Crippen LogP contribution in [0.2, 0.25) is 0 Å². The van der Waals surface area contributed by atoms with Crippen molar-refractivity contribution in [2.24, 2.45) is 11.7 Å². The van der Waals surface area contributed by atoms with Crippen LogP contribution in [-0.4, -0.2) is 70.3 Å². The molecule has 7 N–H and O–H groups in total. The van der Waals surface area contributed by atoms with Crippen LogP contribution in [0.5, 0.6) is 0 Å². The molecule has 12 heteroatoms. The second kappa shape index (κ2) is 11.3. The van der Waals surface area contributed by atoms with Crippen molar-refractivity contribution in [3.8, 4) is 0 Å². The van der Waals surface area contributed by atoms with Crippen LogP contribution in [0.25, 0.3) is 0 Å². The summed E-state index contributed by atoms with van der Waals surface area (Å²) < 4.78 is 0. The molecule has 26 heavy (non-hydrogen) atoms. The van der Waals surface area contributed by atoms with Crippen LogP contribution in [0, 0.1) is 5.92 Å². The molecule has 0 radical (unpaired) electrons. The zero-order valence-electron chi connectivity index (χ0n) is 14.4. The lowest BCUT2D eigenvalue weighted by atomic mass is 10.0. The van der Waals surface area contributed by atoms with Gasteiger partial charge in [-0.1, -0.05) is 13.8 Å². The lowest BCUT2D eigenvalue weighted by Gasteiger charge is -2.23. The van der Waals surface area contributed by atoms with E-state index in [0.717, 1.165) is 0 Å². The van der Waals surface area contributed by atoms with Gasteiger partial charge in [0, 0.05) is 5.75 Å². The summed E-state index contributed by atoms with van der Waals surface area (Å²) in [4.78, 5) is 57.1. The minimum absolute atomic E-state index is 0.0842. The normalized spacial score (nSPS) is 14.0. The molecule has 148 valence electrons. The maximum atomic E-state index is 12.2. The molecule has 0 aromatic carbocycles. The monoisotopic (exact) mass is 392 g/mol. The van der Waals surface area contributed by atoms with Crippen LogP contribution in [-0.2, 0) is 24.0 Å². The highest BCUT2D eigenvalue weighted by molar-refractivity contribution is 7.80. The summed E-state index contributed by atoms with van der Waals surface area (Å²) in [5.41, 5.74) is 5.52. The molecule has 0 rings (SSSR count). The fraction of sp³-hybridized carbons (Fsp3) is 0.643. The molecule has 0 aliphatic rings. The molecular formula is C14H24N4O7S. The van der Waals surface area contributed by atoms with Gasteiger partial charge in [0.05, 0.1) is 19.0 Å².